The molecule has 0 amide bonds. The highest BCUT2D eigenvalue weighted by molar-refractivity contribution is 7.94. The average molecular weight is 429 g/mol. The van der Waals surface area contributed by atoms with Gasteiger partial charge in [0.1, 0.15) is 27.5 Å². The van der Waals surface area contributed by atoms with Crippen molar-refractivity contribution in [3.63, 3.8) is 0 Å². The van der Waals surface area contributed by atoms with E-state index in [2.05, 4.69) is 20.8 Å². The molecule has 4 atom stereocenters. The first-order valence-electron chi connectivity index (χ1n) is 9.16. The molecule has 0 spiro atoms. The summed E-state index contributed by atoms with van der Waals surface area (Å²) in [6.45, 7) is 6.48. The molecule has 2 aromatic rings. The average Bonchev–Trinajstić information content (AvgIpc) is 3.21. The lowest BCUT2D eigenvalue weighted by molar-refractivity contribution is 0.527. The molecule has 4 rings (SSSR count). The molecule has 142 valence electrons. The van der Waals surface area contributed by atoms with Crippen molar-refractivity contribution in [2.45, 2.75) is 73.5 Å². The SMILES string of the molecule is CC(C)c1nc2c(s1)[S+]([O-])C(CC(C)c1nc3c(s1)C[S+]([O-])CC3)CC2. The van der Waals surface area contributed by atoms with Crippen LogP contribution in [0.3, 0.4) is 0 Å². The van der Waals surface area contributed by atoms with Crippen molar-refractivity contribution < 1.29 is 9.11 Å². The molecule has 26 heavy (non-hydrogen) atoms. The van der Waals surface area contributed by atoms with Crippen molar-refractivity contribution in [3.05, 3.63) is 26.3 Å². The minimum Gasteiger partial charge on any atom is -0.616 e. The van der Waals surface area contributed by atoms with E-state index in [4.69, 9.17) is 9.97 Å². The van der Waals surface area contributed by atoms with Crippen LogP contribution in [0.25, 0.3) is 0 Å². The van der Waals surface area contributed by atoms with Crippen LogP contribution in [0.4, 0.5) is 0 Å². The molecule has 0 saturated heterocycles. The van der Waals surface area contributed by atoms with Gasteiger partial charge in [0.25, 0.3) is 0 Å². The van der Waals surface area contributed by atoms with E-state index in [0.29, 0.717) is 17.6 Å². The van der Waals surface area contributed by atoms with E-state index in [0.717, 1.165) is 57.0 Å². The number of aryl methyl sites for hydroxylation is 2. The molecule has 8 heteroatoms. The molecule has 0 saturated carbocycles. The Morgan fingerprint density at radius 2 is 1.85 bits per heavy atom. The summed E-state index contributed by atoms with van der Waals surface area (Å²) in [5.74, 6) is 2.10. The zero-order valence-corrected chi connectivity index (χ0v) is 18.6. The highest BCUT2D eigenvalue weighted by Gasteiger charge is 2.37. The van der Waals surface area contributed by atoms with Gasteiger partial charge in [-0.1, -0.05) is 32.1 Å². The van der Waals surface area contributed by atoms with E-state index < -0.39 is 22.4 Å². The van der Waals surface area contributed by atoms with Crippen molar-refractivity contribution >= 4 is 45.0 Å². The fourth-order valence-corrected chi connectivity index (χ4v) is 9.47. The van der Waals surface area contributed by atoms with E-state index in [1.807, 2.05) is 0 Å². The minimum atomic E-state index is -0.954. The molecule has 4 nitrogen and oxygen atoms in total. The third-order valence-electron chi connectivity index (χ3n) is 5.05. The monoisotopic (exact) mass is 428 g/mol. The van der Waals surface area contributed by atoms with Crippen molar-refractivity contribution in [1.29, 1.82) is 0 Å². The fourth-order valence-electron chi connectivity index (χ4n) is 3.53. The standard InChI is InChI=1S/C18H24N2O2S4/c1-10(2)16-20-14-5-4-12(26(22)18(14)24-16)8-11(3)17-19-13-6-7-25(21)9-15(13)23-17/h10-12H,4-9H2,1-3H3. The number of thiazole rings is 2. The number of rotatable bonds is 4. The number of hydrogen-bond acceptors (Lipinski definition) is 6. The van der Waals surface area contributed by atoms with Gasteiger partial charge in [0.2, 0.25) is 4.21 Å². The zero-order valence-electron chi connectivity index (χ0n) is 15.3. The predicted octanol–water partition coefficient (Wildman–Crippen LogP) is 4.14. The lowest BCUT2D eigenvalue weighted by atomic mass is 10.0. The third-order valence-corrected chi connectivity index (χ3v) is 11.4. The largest absolute Gasteiger partial charge is 0.616 e. The Labute approximate surface area is 169 Å². The Morgan fingerprint density at radius 1 is 1.08 bits per heavy atom. The van der Waals surface area contributed by atoms with Gasteiger partial charge < -0.3 is 9.11 Å². The second-order valence-electron chi connectivity index (χ2n) is 7.50. The second-order valence-corrected chi connectivity index (χ2v) is 13.1. The molecule has 0 radical (unpaired) electrons. The van der Waals surface area contributed by atoms with E-state index in [1.54, 1.807) is 22.7 Å². The smallest absolute Gasteiger partial charge is 0.230 e. The first-order chi connectivity index (χ1) is 12.4. The summed E-state index contributed by atoms with van der Waals surface area (Å²) < 4.78 is 25.9. The van der Waals surface area contributed by atoms with Gasteiger partial charge >= 0.3 is 0 Å². The molecule has 2 aliphatic heterocycles. The Hall–Kier alpha value is -0.120. The van der Waals surface area contributed by atoms with Crippen molar-refractivity contribution in [3.8, 4) is 0 Å². The summed E-state index contributed by atoms with van der Waals surface area (Å²) in [6.07, 6.45) is 3.62. The van der Waals surface area contributed by atoms with Gasteiger partial charge in [0, 0.05) is 48.7 Å². The molecule has 2 aliphatic rings. The van der Waals surface area contributed by atoms with E-state index in [1.165, 1.54) is 4.88 Å². The highest BCUT2D eigenvalue weighted by atomic mass is 32.2. The van der Waals surface area contributed by atoms with Gasteiger partial charge in [-0.15, -0.1) is 11.3 Å². The van der Waals surface area contributed by atoms with Crippen molar-refractivity contribution in [2.75, 3.05) is 5.75 Å². The normalized spacial score (nSPS) is 26.6. The summed E-state index contributed by atoms with van der Waals surface area (Å²) in [5, 5.41) is 2.43. The van der Waals surface area contributed by atoms with Gasteiger partial charge in [-0.25, -0.2) is 9.97 Å². The molecule has 0 bridgehead atoms. The Bertz CT molecular complexity index is 788. The second kappa shape index (κ2) is 7.72. The van der Waals surface area contributed by atoms with E-state index in [-0.39, 0.29) is 5.25 Å². The van der Waals surface area contributed by atoms with E-state index in [9.17, 15) is 9.11 Å². The number of fused-ring (bicyclic) bond motifs is 2. The van der Waals surface area contributed by atoms with Crippen molar-refractivity contribution in [2.24, 2.45) is 0 Å². The number of nitrogens with zero attached hydrogens (tertiary/aromatic N) is 2. The quantitative estimate of drug-likeness (QED) is 0.686. The van der Waals surface area contributed by atoms with Crippen LogP contribution in [0.5, 0.6) is 0 Å². The van der Waals surface area contributed by atoms with Crippen LogP contribution in [0, 0.1) is 0 Å². The lowest BCUT2D eigenvalue weighted by Crippen LogP contribution is -2.28. The summed E-state index contributed by atoms with van der Waals surface area (Å²) in [4.78, 5) is 10.7. The molecule has 4 heterocycles. The molecular weight excluding hydrogens is 404 g/mol. The zero-order chi connectivity index (χ0) is 18.4. The van der Waals surface area contributed by atoms with Crippen LogP contribution in [-0.4, -0.2) is 30.1 Å². The van der Waals surface area contributed by atoms with Gasteiger partial charge in [0.05, 0.1) is 15.6 Å². The predicted molar refractivity (Wildman–Crippen MR) is 110 cm³/mol. The molecule has 0 fully saturated rings. The maximum atomic E-state index is 13.1. The van der Waals surface area contributed by atoms with Crippen LogP contribution in [0.2, 0.25) is 0 Å². The molecular formula is C18H24N2O2S4. The molecule has 0 N–H and O–H groups in total. The van der Waals surface area contributed by atoms with Crippen LogP contribution >= 0.6 is 22.7 Å². The maximum Gasteiger partial charge on any atom is 0.230 e. The third kappa shape index (κ3) is 3.73. The minimum absolute atomic E-state index is 0.188. The first-order valence-corrected chi connectivity index (χ1v) is 13.5. The molecule has 4 unspecified atom stereocenters. The highest BCUT2D eigenvalue weighted by Crippen LogP contribution is 2.40. The Kier molecular flexibility index (Phi) is 5.70. The van der Waals surface area contributed by atoms with Crippen LogP contribution in [0.1, 0.15) is 71.7 Å². The van der Waals surface area contributed by atoms with Gasteiger partial charge in [-0.05, 0) is 11.2 Å². The van der Waals surface area contributed by atoms with Crippen molar-refractivity contribution in [1.82, 2.24) is 9.97 Å². The molecule has 2 aromatic heterocycles. The summed E-state index contributed by atoms with van der Waals surface area (Å²) in [6, 6.07) is 0. The van der Waals surface area contributed by atoms with Gasteiger partial charge in [0.15, 0.2) is 0 Å². The van der Waals surface area contributed by atoms with E-state index >= 15 is 0 Å². The Morgan fingerprint density at radius 3 is 2.62 bits per heavy atom. The topological polar surface area (TPSA) is 71.9 Å². The lowest BCUT2D eigenvalue weighted by Gasteiger charge is -2.26. The summed E-state index contributed by atoms with van der Waals surface area (Å²) >= 11 is 1.68. The first kappa shape index (κ1) is 19.2. The summed E-state index contributed by atoms with van der Waals surface area (Å²) in [5.41, 5.74) is 2.21. The van der Waals surface area contributed by atoms with Crippen LogP contribution in [-0.2, 0) is 40.9 Å². The maximum absolute atomic E-state index is 13.1. The van der Waals surface area contributed by atoms with Gasteiger partial charge in [-0.2, -0.15) is 0 Å². The fraction of sp³-hybridized carbons (Fsp3) is 0.667. The van der Waals surface area contributed by atoms with Crippen LogP contribution < -0.4 is 0 Å². The number of aromatic nitrogens is 2. The Balaban J connectivity index is 1.47. The molecule has 0 aliphatic carbocycles. The summed E-state index contributed by atoms with van der Waals surface area (Å²) in [7, 11) is 0. The van der Waals surface area contributed by atoms with Crippen LogP contribution in [0.15, 0.2) is 4.21 Å². The molecule has 0 aromatic carbocycles. The van der Waals surface area contributed by atoms with Gasteiger partial charge in [-0.3, -0.25) is 0 Å². The number of hydrogen-bond donors (Lipinski definition) is 0.